The second-order valence-electron chi connectivity index (χ2n) is 8.47. The number of pyridine rings is 2. The van der Waals surface area contributed by atoms with Gasteiger partial charge in [-0.15, -0.1) is 0 Å². The first kappa shape index (κ1) is 22.1. The summed E-state index contributed by atoms with van der Waals surface area (Å²) in [5.74, 6) is 0.834. The number of benzene rings is 1. The lowest BCUT2D eigenvalue weighted by molar-refractivity contribution is 0.310. The largest absolute Gasteiger partial charge is 0.497 e. The predicted molar refractivity (Wildman–Crippen MR) is 137 cm³/mol. The highest BCUT2D eigenvalue weighted by Crippen LogP contribution is 2.42. The van der Waals surface area contributed by atoms with Crippen LogP contribution in [0.3, 0.4) is 0 Å². The molecule has 4 heterocycles. The van der Waals surface area contributed by atoms with E-state index in [4.69, 9.17) is 17.0 Å². The van der Waals surface area contributed by atoms with Crippen molar-refractivity contribution in [3.05, 3.63) is 107 Å². The van der Waals surface area contributed by atoms with Gasteiger partial charge < -0.3 is 19.5 Å². The van der Waals surface area contributed by atoms with E-state index in [0.717, 1.165) is 33.5 Å². The first-order valence-corrected chi connectivity index (χ1v) is 11.7. The fourth-order valence-corrected chi connectivity index (χ4v) is 5.14. The Labute approximate surface area is 205 Å². The molecule has 1 saturated heterocycles. The van der Waals surface area contributed by atoms with Gasteiger partial charge >= 0.3 is 0 Å². The fraction of sp³-hybridized carbons (Fsp3) is 0.222. The third-order valence-corrected chi connectivity index (χ3v) is 6.75. The van der Waals surface area contributed by atoms with Gasteiger partial charge in [0.05, 0.1) is 24.9 Å². The van der Waals surface area contributed by atoms with Crippen molar-refractivity contribution in [2.24, 2.45) is 0 Å². The highest BCUT2D eigenvalue weighted by molar-refractivity contribution is 7.80. The molecule has 7 heteroatoms. The van der Waals surface area contributed by atoms with E-state index in [9.17, 15) is 0 Å². The Bertz CT molecular complexity index is 1310. The number of methoxy groups -OCH3 is 1. The Balaban J connectivity index is 1.62. The molecule has 2 atom stereocenters. The molecule has 0 radical (unpaired) electrons. The molecule has 3 aromatic heterocycles. The van der Waals surface area contributed by atoms with Crippen molar-refractivity contribution in [1.82, 2.24) is 24.8 Å². The van der Waals surface area contributed by atoms with E-state index in [1.54, 1.807) is 7.11 Å². The van der Waals surface area contributed by atoms with Gasteiger partial charge in [-0.3, -0.25) is 9.97 Å². The molecule has 1 aliphatic heterocycles. The maximum absolute atomic E-state index is 5.85. The van der Waals surface area contributed by atoms with Crippen LogP contribution in [0.25, 0.3) is 5.69 Å². The van der Waals surface area contributed by atoms with Crippen molar-refractivity contribution < 1.29 is 4.74 Å². The van der Waals surface area contributed by atoms with E-state index >= 15 is 0 Å². The van der Waals surface area contributed by atoms with Gasteiger partial charge in [0.1, 0.15) is 5.75 Å². The van der Waals surface area contributed by atoms with Gasteiger partial charge in [-0.2, -0.15) is 0 Å². The highest BCUT2D eigenvalue weighted by atomic mass is 32.1. The van der Waals surface area contributed by atoms with Crippen LogP contribution in [0, 0.1) is 13.8 Å². The molecule has 6 nitrogen and oxygen atoms in total. The van der Waals surface area contributed by atoms with Crippen LogP contribution in [-0.2, 0) is 6.54 Å². The number of hydrogen-bond donors (Lipinski definition) is 1. The van der Waals surface area contributed by atoms with Crippen molar-refractivity contribution in [1.29, 1.82) is 0 Å². The molecular formula is C27H27N5OS. The lowest BCUT2D eigenvalue weighted by Crippen LogP contribution is -2.29. The molecular weight excluding hydrogens is 442 g/mol. The van der Waals surface area contributed by atoms with Crippen LogP contribution < -0.4 is 10.1 Å². The van der Waals surface area contributed by atoms with Gasteiger partial charge in [-0.25, -0.2) is 0 Å². The Kier molecular flexibility index (Phi) is 6.02. The van der Waals surface area contributed by atoms with Crippen molar-refractivity contribution in [3.63, 3.8) is 0 Å². The average molecular weight is 470 g/mol. The molecule has 1 aliphatic rings. The minimum absolute atomic E-state index is 0.0128. The summed E-state index contributed by atoms with van der Waals surface area (Å²) in [6.07, 6.45) is 5.48. The molecule has 0 unspecified atom stereocenters. The van der Waals surface area contributed by atoms with Gasteiger partial charge in [0.25, 0.3) is 0 Å². The van der Waals surface area contributed by atoms with Crippen molar-refractivity contribution in [3.8, 4) is 11.4 Å². The Morgan fingerprint density at radius 1 is 1.00 bits per heavy atom. The Morgan fingerprint density at radius 3 is 2.56 bits per heavy atom. The zero-order valence-electron chi connectivity index (χ0n) is 19.5. The van der Waals surface area contributed by atoms with E-state index in [-0.39, 0.29) is 12.1 Å². The summed E-state index contributed by atoms with van der Waals surface area (Å²) in [6, 6.07) is 20.4. The standard InChI is InChI=1S/C27H27N5OS/c1-18-15-23(19(2)32(18)21-7-6-8-22(16-21)33-3)26-25(24-9-4-5-12-29-24)30-27(34)31(26)17-20-10-13-28-14-11-20/h4-16,25-26H,17H2,1-3H3,(H,30,34)/t25-,26-/m0/s1. The van der Waals surface area contributed by atoms with E-state index in [1.165, 1.54) is 11.3 Å². The lowest BCUT2D eigenvalue weighted by atomic mass is 9.96. The Hall–Kier alpha value is -3.71. The lowest BCUT2D eigenvalue weighted by Gasteiger charge is -2.28. The topological polar surface area (TPSA) is 55.2 Å². The number of thiocarbonyl (C=S) groups is 1. The molecule has 34 heavy (non-hydrogen) atoms. The third-order valence-electron chi connectivity index (χ3n) is 6.40. The van der Waals surface area contributed by atoms with Crippen LogP contribution >= 0.6 is 12.2 Å². The molecule has 1 N–H and O–H groups in total. The number of nitrogens with zero attached hydrogens (tertiary/aromatic N) is 4. The number of rotatable bonds is 6. The Morgan fingerprint density at radius 2 is 1.82 bits per heavy atom. The van der Waals surface area contributed by atoms with Crippen LogP contribution in [0.2, 0.25) is 0 Å². The normalized spacial score (nSPS) is 17.6. The molecule has 1 aromatic carbocycles. The molecule has 0 spiro atoms. The van der Waals surface area contributed by atoms with Crippen molar-refractivity contribution in [2.45, 2.75) is 32.5 Å². The second kappa shape index (κ2) is 9.27. The summed E-state index contributed by atoms with van der Waals surface area (Å²) in [5.41, 5.74) is 6.75. The molecule has 4 aromatic rings. The number of ether oxygens (including phenoxy) is 1. The molecule has 0 bridgehead atoms. The number of aryl methyl sites for hydroxylation is 1. The van der Waals surface area contributed by atoms with Gasteiger partial charge in [0.15, 0.2) is 5.11 Å². The number of aromatic nitrogens is 3. The number of nitrogens with one attached hydrogen (secondary N) is 1. The fourth-order valence-electron chi connectivity index (χ4n) is 4.83. The van der Waals surface area contributed by atoms with E-state index < -0.39 is 0 Å². The molecule has 0 aliphatic carbocycles. The minimum atomic E-state index is -0.0604. The molecule has 0 saturated carbocycles. The third kappa shape index (κ3) is 4.03. The second-order valence-corrected chi connectivity index (χ2v) is 8.86. The molecule has 5 rings (SSSR count). The quantitative estimate of drug-likeness (QED) is 0.398. The van der Waals surface area contributed by atoms with E-state index in [2.05, 4.69) is 62.9 Å². The average Bonchev–Trinajstić information content (AvgIpc) is 3.35. The SMILES string of the molecule is COc1cccc(-n2c(C)cc([C@H]3[C@H](c4ccccn4)NC(=S)N3Cc3ccncc3)c2C)c1. The van der Waals surface area contributed by atoms with Gasteiger partial charge in [0, 0.05) is 48.3 Å². The monoisotopic (exact) mass is 469 g/mol. The first-order valence-electron chi connectivity index (χ1n) is 11.3. The van der Waals surface area contributed by atoms with E-state index in [1.807, 2.05) is 55.0 Å². The predicted octanol–water partition coefficient (Wildman–Crippen LogP) is 5.07. The maximum atomic E-state index is 5.85. The zero-order chi connectivity index (χ0) is 23.7. The molecule has 172 valence electrons. The maximum Gasteiger partial charge on any atom is 0.170 e. The smallest absolute Gasteiger partial charge is 0.170 e. The summed E-state index contributed by atoms with van der Waals surface area (Å²) in [6.45, 7) is 4.99. The van der Waals surface area contributed by atoms with Crippen molar-refractivity contribution >= 4 is 17.3 Å². The van der Waals surface area contributed by atoms with Crippen LogP contribution in [0.5, 0.6) is 5.75 Å². The van der Waals surface area contributed by atoms with Gasteiger partial charge in [0.2, 0.25) is 0 Å². The van der Waals surface area contributed by atoms with Crippen LogP contribution in [0.15, 0.2) is 79.3 Å². The highest BCUT2D eigenvalue weighted by Gasteiger charge is 2.41. The molecule has 1 fully saturated rings. The van der Waals surface area contributed by atoms with Crippen molar-refractivity contribution in [2.75, 3.05) is 7.11 Å². The summed E-state index contributed by atoms with van der Waals surface area (Å²) in [7, 11) is 1.69. The van der Waals surface area contributed by atoms with Crippen LogP contribution in [-0.4, -0.2) is 31.7 Å². The van der Waals surface area contributed by atoms with Crippen LogP contribution in [0.1, 0.15) is 40.3 Å². The van der Waals surface area contributed by atoms with Gasteiger partial charge in [-0.05, 0) is 79.7 Å². The first-order chi connectivity index (χ1) is 16.6. The minimum Gasteiger partial charge on any atom is -0.497 e. The summed E-state index contributed by atoms with van der Waals surface area (Å²) in [5, 5.41) is 4.28. The molecule has 0 amide bonds. The number of hydrogen-bond acceptors (Lipinski definition) is 4. The zero-order valence-corrected chi connectivity index (χ0v) is 20.3. The van der Waals surface area contributed by atoms with E-state index in [0.29, 0.717) is 6.54 Å². The summed E-state index contributed by atoms with van der Waals surface area (Å²) < 4.78 is 7.75. The van der Waals surface area contributed by atoms with Gasteiger partial charge in [-0.1, -0.05) is 12.1 Å². The summed E-state index contributed by atoms with van der Waals surface area (Å²) >= 11 is 5.85. The van der Waals surface area contributed by atoms with Crippen LogP contribution in [0.4, 0.5) is 0 Å². The summed E-state index contributed by atoms with van der Waals surface area (Å²) in [4.78, 5) is 11.1.